The summed E-state index contributed by atoms with van der Waals surface area (Å²) >= 11 is 0. The zero-order chi connectivity index (χ0) is 4.99. The van der Waals surface area contributed by atoms with E-state index in [-0.39, 0.29) is 10.7 Å². The number of rotatable bonds is 1. The van der Waals surface area contributed by atoms with Crippen LogP contribution in [0.3, 0.4) is 0 Å². The monoisotopic (exact) mass is 106 g/mol. The minimum Gasteiger partial charge on any atom is -0.323 e. The van der Waals surface area contributed by atoms with E-state index in [1.807, 2.05) is 6.26 Å². The summed E-state index contributed by atoms with van der Waals surface area (Å²) in [5.41, 5.74) is 1.50. The molecule has 0 fully saturated rings. The summed E-state index contributed by atoms with van der Waals surface area (Å²) in [5.74, 6) is 4.73. The van der Waals surface area contributed by atoms with Crippen molar-refractivity contribution in [3.05, 3.63) is 0 Å². The summed E-state index contributed by atoms with van der Waals surface area (Å²) in [6.07, 6.45) is 1.83. The lowest BCUT2D eigenvalue weighted by atomic mass is 11.7. The highest BCUT2D eigenvalue weighted by Crippen LogP contribution is 1.52. The van der Waals surface area contributed by atoms with Crippen LogP contribution < -0.4 is 10.6 Å². The standard InChI is InChI=1S/C2H7N3S/c1-6(4)2-5-3/h2,4H,3H2,1H3/p+1/b5-2+. The minimum absolute atomic E-state index is 0.232. The third-order valence-corrected chi connectivity index (χ3v) is 0.681. The molecule has 0 spiro atoms. The Kier molecular flexibility index (Phi) is 2.66. The van der Waals surface area contributed by atoms with Crippen molar-refractivity contribution in [2.24, 2.45) is 10.9 Å². The van der Waals surface area contributed by atoms with Crippen LogP contribution in [0, 0.1) is 0 Å². The Morgan fingerprint density at radius 1 is 2.00 bits per heavy atom. The molecule has 0 saturated carbocycles. The zero-order valence-corrected chi connectivity index (χ0v) is 4.40. The maximum absolute atomic E-state index is 5.20. The molecule has 3 nitrogen and oxygen atoms in total. The summed E-state index contributed by atoms with van der Waals surface area (Å²) in [6, 6.07) is 0. The number of hydrogen-bond acceptors (Lipinski definition) is 2. The van der Waals surface area contributed by atoms with Crippen LogP contribution in [0.5, 0.6) is 0 Å². The summed E-state index contributed by atoms with van der Waals surface area (Å²) in [4.78, 5) is 0. The van der Waals surface area contributed by atoms with Crippen molar-refractivity contribution < 1.29 is 4.78 Å². The van der Waals surface area contributed by atoms with Crippen molar-refractivity contribution in [3.63, 3.8) is 0 Å². The van der Waals surface area contributed by atoms with Crippen LogP contribution in [-0.2, 0) is 10.7 Å². The molecule has 0 aliphatic carbocycles. The van der Waals surface area contributed by atoms with Gasteiger partial charge in [-0.25, -0.2) is 4.78 Å². The maximum Gasteiger partial charge on any atom is 0.131 e. The predicted octanol–water partition coefficient (Wildman–Crippen LogP) is -1.92. The van der Waals surface area contributed by atoms with E-state index in [1.165, 1.54) is 5.55 Å². The van der Waals surface area contributed by atoms with Crippen LogP contribution in [0.1, 0.15) is 0 Å². The molecule has 0 saturated heterocycles. The normalized spacial score (nSPS) is 15.5. The molecule has 4 heteroatoms. The summed E-state index contributed by atoms with van der Waals surface area (Å²) in [6.45, 7) is 0. The van der Waals surface area contributed by atoms with Crippen LogP contribution in [0.15, 0.2) is 5.10 Å². The molecule has 36 valence electrons. The van der Waals surface area contributed by atoms with Gasteiger partial charge in [0.05, 0.1) is 10.7 Å². The molecule has 1 atom stereocenters. The Hall–Kier alpha value is -0.380. The molecule has 1 unspecified atom stereocenters. The van der Waals surface area contributed by atoms with Gasteiger partial charge in [-0.1, -0.05) is 0 Å². The van der Waals surface area contributed by atoms with Gasteiger partial charge in [0.1, 0.15) is 5.55 Å². The number of nitrogens with two attached hydrogens (primary N) is 2. The Balaban J connectivity index is 3.30. The first-order valence-electron chi connectivity index (χ1n) is 1.40. The van der Waals surface area contributed by atoms with Crippen LogP contribution >= 0.6 is 0 Å². The molecule has 0 amide bonds. The number of hydrogen-bond donors (Lipinski definition) is 2. The first-order chi connectivity index (χ1) is 2.77. The lowest BCUT2D eigenvalue weighted by Gasteiger charge is -1.69. The van der Waals surface area contributed by atoms with E-state index < -0.39 is 0 Å². The molecule has 0 aliphatic rings. The number of hydrazone groups is 1. The molecule has 0 aliphatic heterocycles. The van der Waals surface area contributed by atoms with E-state index in [0.29, 0.717) is 0 Å². The fraction of sp³-hybridized carbons (Fsp3) is 0.500. The van der Waals surface area contributed by atoms with E-state index in [9.17, 15) is 0 Å². The van der Waals surface area contributed by atoms with Crippen LogP contribution in [-0.4, -0.2) is 11.8 Å². The fourth-order valence-electron chi connectivity index (χ4n) is 0.0960. The Labute approximate surface area is 39.1 Å². The van der Waals surface area contributed by atoms with Gasteiger partial charge in [-0.05, 0) is 0 Å². The summed E-state index contributed by atoms with van der Waals surface area (Å²) < 4.78 is 5.20. The van der Waals surface area contributed by atoms with Gasteiger partial charge in [0.2, 0.25) is 0 Å². The molecule has 0 radical (unpaired) electrons. The van der Waals surface area contributed by atoms with Crippen molar-refractivity contribution in [2.45, 2.75) is 0 Å². The van der Waals surface area contributed by atoms with E-state index in [1.54, 1.807) is 0 Å². The third-order valence-electron chi connectivity index (χ3n) is 0.227. The Bertz CT molecular complexity index is 76.9. The van der Waals surface area contributed by atoms with Crippen molar-refractivity contribution >= 4 is 16.2 Å². The van der Waals surface area contributed by atoms with Gasteiger partial charge < -0.3 is 5.84 Å². The zero-order valence-electron chi connectivity index (χ0n) is 3.59. The topological polar surface area (TPSA) is 64.0 Å². The quantitative estimate of drug-likeness (QED) is 0.174. The molecule has 0 aromatic carbocycles. The van der Waals surface area contributed by atoms with Crippen molar-refractivity contribution in [1.82, 2.24) is 0 Å². The van der Waals surface area contributed by atoms with Crippen LogP contribution in [0.4, 0.5) is 0 Å². The highest BCUT2D eigenvalue weighted by molar-refractivity contribution is 7.97. The predicted molar refractivity (Wildman–Crippen MR) is 27.9 cm³/mol. The molecule has 0 heterocycles. The molecule has 0 aromatic rings. The summed E-state index contributed by atoms with van der Waals surface area (Å²) in [7, 11) is -0.232. The minimum atomic E-state index is -0.232. The highest BCUT2D eigenvalue weighted by atomic mass is 32.2. The Morgan fingerprint density at radius 2 is 2.50 bits per heavy atom. The summed E-state index contributed by atoms with van der Waals surface area (Å²) in [5, 5.41) is 3.20. The van der Waals surface area contributed by atoms with Crippen LogP contribution in [0.25, 0.3) is 0 Å². The highest BCUT2D eigenvalue weighted by Gasteiger charge is 1.73. The molecular formula is C2H8N3S+. The maximum atomic E-state index is 5.20. The SMILES string of the molecule is CS(=[NH2+])/C=N/N. The smallest absolute Gasteiger partial charge is 0.131 e. The average molecular weight is 106 g/mol. The van der Waals surface area contributed by atoms with E-state index in [2.05, 4.69) is 5.10 Å². The molecule has 6 heavy (non-hydrogen) atoms. The first kappa shape index (κ1) is 5.62. The van der Waals surface area contributed by atoms with Crippen molar-refractivity contribution in [3.8, 4) is 0 Å². The molecule has 0 aromatic heterocycles. The van der Waals surface area contributed by atoms with E-state index >= 15 is 0 Å². The molecule has 0 bridgehead atoms. The second-order valence-electron chi connectivity index (χ2n) is 0.862. The van der Waals surface area contributed by atoms with Gasteiger partial charge in [-0.2, -0.15) is 5.10 Å². The van der Waals surface area contributed by atoms with Crippen molar-refractivity contribution in [1.29, 1.82) is 0 Å². The fourth-order valence-corrected chi connectivity index (χ4v) is 0.288. The molecule has 0 rings (SSSR count). The second kappa shape index (κ2) is 2.84. The van der Waals surface area contributed by atoms with E-state index in [0.717, 1.165) is 0 Å². The third kappa shape index (κ3) is 3.62. The lowest BCUT2D eigenvalue weighted by molar-refractivity contribution is -0.0726. The van der Waals surface area contributed by atoms with Crippen LogP contribution in [0.2, 0.25) is 0 Å². The average Bonchev–Trinajstić information content (AvgIpc) is 1.35. The number of nitrogens with zero attached hydrogens (tertiary/aromatic N) is 1. The molecular weight excluding hydrogens is 98.1 g/mol. The van der Waals surface area contributed by atoms with Gasteiger partial charge >= 0.3 is 0 Å². The van der Waals surface area contributed by atoms with Crippen molar-refractivity contribution in [2.75, 3.05) is 6.26 Å². The van der Waals surface area contributed by atoms with Gasteiger partial charge in [-0.15, -0.1) is 0 Å². The Morgan fingerprint density at radius 3 is 2.50 bits per heavy atom. The lowest BCUT2D eigenvalue weighted by Crippen LogP contribution is -2.33. The second-order valence-corrected chi connectivity index (χ2v) is 2.29. The van der Waals surface area contributed by atoms with E-state index in [4.69, 9.17) is 10.6 Å². The van der Waals surface area contributed by atoms with Gasteiger partial charge in [0.15, 0.2) is 0 Å². The largest absolute Gasteiger partial charge is 0.323 e. The first-order valence-corrected chi connectivity index (χ1v) is 3.16. The van der Waals surface area contributed by atoms with Gasteiger partial charge in [0.25, 0.3) is 0 Å². The van der Waals surface area contributed by atoms with Gasteiger partial charge in [-0.3, -0.25) is 0 Å². The van der Waals surface area contributed by atoms with Gasteiger partial charge in [0, 0.05) is 6.26 Å². The molecule has 4 N–H and O–H groups in total.